The second-order valence-electron chi connectivity index (χ2n) is 3.72. The first-order valence-corrected chi connectivity index (χ1v) is 5.25. The van der Waals surface area contributed by atoms with Crippen molar-refractivity contribution < 1.29 is 4.74 Å². The summed E-state index contributed by atoms with van der Waals surface area (Å²) in [6.45, 7) is 5.81. The van der Waals surface area contributed by atoms with Crippen LogP contribution in [0.1, 0.15) is 12.5 Å². The van der Waals surface area contributed by atoms with Crippen LogP contribution in [0.4, 0.5) is 0 Å². The van der Waals surface area contributed by atoms with E-state index in [1.165, 1.54) is 0 Å². The largest absolute Gasteiger partial charge is 0.457 e. The van der Waals surface area contributed by atoms with Gasteiger partial charge >= 0.3 is 0 Å². The van der Waals surface area contributed by atoms with Crippen LogP contribution in [0.5, 0.6) is 0 Å². The van der Waals surface area contributed by atoms with Crippen LogP contribution in [-0.4, -0.2) is 11.2 Å². The maximum Gasteiger partial charge on any atom is 0.258 e. The molecule has 0 saturated carbocycles. The lowest BCUT2D eigenvalue weighted by atomic mass is 9.89. The van der Waals surface area contributed by atoms with Gasteiger partial charge in [-0.3, -0.25) is 0 Å². The van der Waals surface area contributed by atoms with Crippen molar-refractivity contribution in [3.63, 3.8) is 0 Å². The van der Waals surface area contributed by atoms with Crippen LogP contribution < -0.4 is 5.32 Å². The number of hydrogen-bond acceptors (Lipinski definition) is 2. The van der Waals surface area contributed by atoms with E-state index in [0.29, 0.717) is 5.17 Å². The summed E-state index contributed by atoms with van der Waals surface area (Å²) in [5, 5.41) is 3.52. The van der Waals surface area contributed by atoms with Crippen LogP contribution in [0.25, 0.3) is 0 Å². The third-order valence-corrected chi connectivity index (χ3v) is 2.96. The summed E-state index contributed by atoms with van der Waals surface area (Å²) in [6.07, 6.45) is 1.83. The first kappa shape index (κ1) is 10.2. The van der Waals surface area contributed by atoms with Crippen LogP contribution in [0.15, 0.2) is 43.0 Å². The minimum Gasteiger partial charge on any atom is -0.457 e. The van der Waals surface area contributed by atoms with Gasteiger partial charge in [0, 0.05) is 0 Å². The average molecular weight is 219 g/mol. The van der Waals surface area contributed by atoms with Crippen molar-refractivity contribution in [2.24, 2.45) is 0 Å². The van der Waals surface area contributed by atoms with Crippen molar-refractivity contribution in [3.8, 4) is 0 Å². The molecule has 1 aromatic carbocycles. The standard InChI is InChI=1S/C12H13NOS/c1-3-10-12(2,14-11(15)13-10)9-7-5-4-6-8-9/h3-8,10H,1H2,2H3,(H,13,15). The Labute approximate surface area is 94.9 Å². The summed E-state index contributed by atoms with van der Waals surface area (Å²) < 4.78 is 5.69. The number of thiocarbonyl (C=S) groups is 1. The molecule has 1 aliphatic rings. The molecule has 2 atom stereocenters. The Morgan fingerprint density at radius 3 is 2.73 bits per heavy atom. The van der Waals surface area contributed by atoms with Gasteiger partial charge in [-0.1, -0.05) is 36.4 Å². The summed E-state index contributed by atoms with van der Waals surface area (Å²) in [6, 6.07) is 10.1. The van der Waals surface area contributed by atoms with E-state index < -0.39 is 5.60 Å². The molecule has 1 heterocycles. The number of hydrogen-bond donors (Lipinski definition) is 1. The molecule has 1 fully saturated rings. The van der Waals surface area contributed by atoms with E-state index >= 15 is 0 Å². The van der Waals surface area contributed by atoms with Gasteiger partial charge in [-0.05, 0) is 24.7 Å². The van der Waals surface area contributed by atoms with E-state index in [9.17, 15) is 0 Å². The molecule has 2 nitrogen and oxygen atoms in total. The molecule has 3 heteroatoms. The monoisotopic (exact) mass is 219 g/mol. The van der Waals surface area contributed by atoms with E-state index in [2.05, 4.69) is 11.9 Å². The Hall–Kier alpha value is -1.35. The summed E-state index contributed by atoms with van der Waals surface area (Å²) in [4.78, 5) is 0. The van der Waals surface area contributed by atoms with E-state index in [1.807, 2.05) is 43.3 Å². The lowest BCUT2D eigenvalue weighted by Crippen LogP contribution is -2.36. The quantitative estimate of drug-likeness (QED) is 0.609. The fourth-order valence-corrected chi connectivity index (χ4v) is 2.14. The van der Waals surface area contributed by atoms with Crippen molar-refractivity contribution in [1.82, 2.24) is 5.32 Å². The molecule has 1 N–H and O–H groups in total. The minimum atomic E-state index is -0.444. The molecule has 0 amide bonds. The SMILES string of the molecule is C=CC1NC(=S)OC1(C)c1ccccc1. The molecule has 1 saturated heterocycles. The summed E-state index contributed by atoms with van der Waals surface area (Å²) in [5.41, 5.74) is 0.655. The van der Waals surface area contributed by atoms with Gasteiger partial charge in [0.2, 0.25) is 0 Å². The second kappa shape index (κ2) is 3.66. The maximum absolute atomic E-state index is 5.69. The Balaban J connectivity index is 2.41. The summed E-state index contributed by atoms with van der Waals surface area (Å²) in [5.74, 6) is 0. The fourth-order valence-electron chi connectivity index (χ4n) is 1.84. The van der Waals surface area contributed by atoms with Crippen molar-refractivity contribution in [2.45, 2.75) is 18.6 Å². The Kier molecular flexibility index (Phi) is 2.49. The normalized spacial score (nSPS) is 29.4. The van der Waals surface area contributed by atoms with Gasteiger partial charge < -0.3 is 10.1 Å². The molecular formula is C12H13NOS. The molecule has 0 aromatic heterocycles. The molecule has 2 unspecified atom stereocenters. The van der Waals surface area contributed by atoms with Gasteiger partial charge in [0.1, 0.15) is 0 Å². The van der Waals surface area contributed by atoms with Crippen molar-refractivity contribution in [1.29, 1.82) is 0 Å². The third kappa shape index (κ3) is 1.63. The van der Waals surface area contributed by atoms with Gasteiger partial charge in [-0.25, -0.2) is 0 Å². The summed E-state index contributed by atoms with van der Waals surface area (Å²) in [7, 11) is 0. The fraction of sp³-hybridized carbons (Fsp3) is 0.250. The minimum absolute atomic E-state index is 0.0207. The molecule has 0 bridgehead atoms. The van der Waals surface area contributed by atoms with Gasteiger partial charge in [-0.2, -0.15) is 0 Å². The number of benzene rings is 1. The first-order chi connectivity index (χ1) is 7.16. The highest BCUT2D eigenvalue weighted by Gasteiger charge is 2.43. The highest BCUT2D eigenvalue weighted by molar-refractivity contribution is 7.80. The number of nitrogens with one attached hydrogen (secondary N) is 1. The summed E-state index contributed by atoms with van der Waals surface area (Å²) >= 11 is 5.03. The van der Waals surface area contributed by atoms with E-state index in [1.54, 1.807) is 0 Å². The molecular weight excluding hydrogens is 206 g/mol. The van der Waals surface area contributed by atoms with Crippen LogP contribution >= 0.6 is 12.2 Å². The van der Waals surface area contributed by atoms with E-state index in [0.717, 1.165) is 5.56 Å². The zero-order valence-corrected chi connectivity index (χ0v) is 9.38. The molecule has 0 radical (unpaired) electrons. The topological polar surface area (TPSA) is 21.3 Å². The number of ether oxygens (including phenoxy) is 1. The lowest BCUT2D eigenvalue weighted by molar-refractivity contribution is 0.0974. The average Bonchev–Trinajstić information content (AvgIpc) is 2.56. The smallest absolute Gasteiger partial charge is 0.258 e. The van der Waals surface area contributed by atoms with Gasteiger partial charge in [-0.15, -0.1) is 6.58 Å². The molecule has 2 rings (SSSR count). The van der Waals surface area contributed by atoms with Crippen molar-refractivity contribution >= 4 is 17.4 Å². The van der Waals surface area contributed by atoms with Gasteiger partial charge in [0.15, 0.2) is 5.60 Å². The van der Waals surface area contributed by atoms with E-state index in [4.69, 9.17) is 17.0 Å². The lowest BCUT2D eigenvalue weighted by Gasteiger charge is -2.27. The Bertz CT molecular complexity index is 390. The molecule has 0 aliphatic carbocycles. The van der Waals surface area contributed by atoms with Crippen LogP contribution in [-0.2, 0) is 10.3 Å². The first-order valence-electron chi connectivity index (χ1n) is 4.84. The molecule has 15 heavy (non-hydrogen) atoms. The zero-order chi connectivity index (χ0) is 10.9. The highest BCUT2D eigenvalue weighted by Crippen LogP contribution is 2.33. The number of rotatable bonds is 2. The molecule has 1 aromatic rings. The third-order valence-electron chi connectivity index (χ3n) is 2.75. The predicted octanol–water partition coefficient (Wildman–Crippen LogP) is 2.36. The molecule has 78 valence electrons. The maximum atomic E-state index is 5.69. The van der Waals surface area contributed by atoms with Gasteiger partial charge in [0.05, 0.1) is 6.04 Å². The van der Waals surface area contributed by atoms with Crippen molar-refractivity contribution in [3.05, 3.63) is 48.6 Å². The van der Waals surface area contributed by atoms with E-state index in [-0.39, 0.29) is 6.04 Å². The van der Waals surface area contributed by atoms with Crippen LogP contribution in [0.3, 0.4) is 0 Å². The Morgan fingerprint density at radius 2 is 2.13 bits per heavy atom. The van der Waals surface area contributed by atoms with Gasteiger partial charge in [0.25, 0.3) is 5.17 Å². The van der Waals surface area contributed by atoms with Crippen LogP contribution in [0, 0.1) is 0 Å². The Morgan fingerprint density at radius 1 is 1.47 bits per heavy atom. The second-order valence-corrected chi connectivity index (χ2v) is 4.09. The zero-order valence-electron chi connectivity index (χ0n) is 8.57. The van der Waals surface area contributed by atoms with Crippen LogP contribution in [0.2, 0.25) is 0 Å². The van der Waals surface area contributed by atoms with Crippen molar-refractivity contribution in [2.75, 3.05) is 0 Å². The predicted molar refractivity (Wildman–Crippen MR) is 64.6 cm³/mol. The molecule has 0 spiro atoms. The highest BCUT2D eigenvalue weighted by atomic mass is 32.1. The molecule has 1 aliphatic heterocycles.